The lowest BCUT2D eigenvalue weighted by Gasteiger charge is -2.12. The van der Waals surface area contributed by atoms with Gasteiger partial charge in [-0.05, 0) is 36.6 Å². The Hall–Kier alpha value is -2.93. The van der Waals surface area contributed by atoms with Crippen LogP contribution in [0.25, 0.3) is 6.08 Å². The molecule has 1 fully saturated rings. The Labute approximate surface area is 142 Å². The van der Waals surface area contributed by atoms with Crippen LogP contribution in [0.2, 0.25) is 0 Å². The summed E-state index contributed by atoms with van der Waals surface area (Å²) in [4.78, 5) is 38.0. The molecule has 1 aromatic heterocycles. The van der Waals surface area contributed by atoms with Crippen LogP contribution in [0.15, 0.2) is 47.5 Å². The number of carbonyl (C=O) groups is 3. The van der Waals surface area contributed by atoms with Gasteiger partial charge in [0.2, 0.25) is 5.91 Å². The predicted molar refractivity (Wildman–Crippen MR) is 92.3 cm³/mol. The Kier molecular flexibility index (Phi) is 4.43. The van der Waals surface area contributed by atoms with E-state index < -0.39 is 17.8 Å². The molecular formula is C17H15N3O3S. The molecule has 7 heteroatoms. The zero-order valence-electron chi connectivity index (χ0n) is 12.9. The Morgan fingerprint density at radius 3 is 2.67 bits per heavy atom. The maximum atomic E-state index is 12.3. The van der Waals surface area contributed by atoms with E-state index in [-0.39, 0.29) is 12.2 Å². The molecule has 0 aliphatic carbocycles. The van der Waals surface area contributed by atoms with Crippen molar-refractivity contribution in [3.63, 3.8) is 0 Å². The molecule has 3 rings (SSSR count). The summed E-state index contributed by atoms with van der Waals surface area (Å²) < 4.78 is 0. The number of hydrogen-bond acceptors (Lipinski definition) is 4. The van der Waals surface area contributed by atoms with Crippen LogP contribution in [0, 0.1) is 6.92 Å². The Bertz CT molecular complexity index is 810. The Morgan fingerprint density at radius 1 is 1.25 bits per heavy atom. The second-order valence-electron chi connectivity index (χ2n) is 5.31. The first kappa shape index (κ1) is 15.9. The summed E-state index contributed by atoms with van der Waals surface area (Å²) in [6.07, 6.45) is 1.60. The molecule has 6 nitrogen and oxygen atoms in total. The lowest BCUT2D eigenvalue weighted by Crippen LogP contribution is -2.38. The first-order valence-corrected chi connectivity index (χ1v) is 8.15. The largest absolute Gasteiger partial charge is 0.329 e. The average Bonchev–Trinajstić information content (AvgIpc) is 3.14. The van der Waals surface area contributed by atoms with E-state index in [1.807, 2.05) is 36.6 Å². The highest BCUT2D eigenvalue weighted by Crippen LogP contribution is 2.17. The zero-order chi connectivity index (χ0) is 17.1. The van der Waals surface area contributed by atoms with Crippen LogP contribution in [0.1, 0.15) is 10.4 Å². The quantitative estimate of drug-likeness (QED) is 0.663. The molecule has 0 atom stereocenters. The van der Waals surface area contributed by atoms with Gasteiger partial charge in [-0.3, -0.25) is 9.59 Å². The van der Waals surface area contributed by atoms with E-state index in [1.54, 1.807) is 18.2 Å². The smallest absolute Gasteiger partial charge is 0.325 e. The summed E-state index contributed by atoms with van der Waals surface area (Å²) in [6.45, 7) is 1.61. The lowest BCUT2D eigenvalue weighted by atomic mass is 10.2. The summed E-state index contributed by atoms with van der Waals surface area (Å²) in [6, 6.07) is 10.4. The van der Waals surface area contributed by atoms with E-state index in [2.05, 4.69) is 10.6 Å². The standard InChI is InChI=1S/C17H15N3O3S/c1-11-4-6-12(7-5-11)18-15(21)10-20-16(22)14(19-17(20)23)9-13-3-2-8-24-13/h2-9H,10H2,1H3,(H,18,21)(H,19,23). The van der Waals surface area contributed by atoms with E-state index >= 15 is 0 Å². The van der Waals surface area contributed by atoms with Crippen LogP contribution in [0.5, 0.6) is 0 Å². The molecule has 0 radical (unpaired) electrons. The highest BCUT2D eigenvalue weighted by Gasteiger charge is 2.34. The molecule has 2 aromatic rings. The summed E-state index contributed by atoms with van der Waals surface area (Å²) in [5.41, 5.74) is 1.86. The number of aryl methyl sites for hydroxylation is 1. The van der Waals surface area contributed by atoms with Gasteiger partial charge in [0.05, 0.1) is 0 Å². The summed E-state index contributed by atoms with van der Waals surface area (Å²) >= 11 is 1.45. The van der Waals surface area contributed by atoms with Gasteiger partial charge in [-0.1, -0.05) is 23.8 Å². The second kappa shape index (κ2) is 6.67. The normalized spacial score (nSPS) is 15.7. The number of nitrogens with one attached hydrogen (secondary N) is 2. The number of rotatable bonds is 4. The first-order valence-electron chi connectivity index (χ1n) is 7.27. The Morgan fingerprint density at radius 2 is 2.00 bits per heavy atom. The van der Waals surface area contributed by atoms with Gasteiger partial charge in [0.25, 0.3) is 5.91 Å². The van der Waals surface area contributed by atoms with Gasteiger partial charge in [-0.2, -0.15) is 0 Å². The number of nitrogens with zero attached hydrogens (tertiary/aromatic N) is 1. The molecule has 24 heavy (non-hydrogen) atoms. The minimum Gasteiger partial charge on any atom is -0.325 e. The number of imide groups is 1. The van der Waals surface area contributed by atoms with Crippen molar-refractivity contribution in [2.24, 2.45) is 0 Å². The lowest BCUT2D eigenvalue weighted by molar-refractivity contribution is -0.127. The molecule has 1 aromatic carbocycles. The van der Waals surface area contributed by atoms with Crippen molar-refractivity contribution in [3.8, 4) is 0 Å². The third-order valence-corrected chi connectivity index (χ3v) is 4.25. The number of benzene rings is 1. The average molecular weight is 341 g/mol. The minimum absolute atomic E-state index is 0.172. The number of carbonyl (C=O) groups excluding carboxylic acids is 3. The monoisotopic (exact) mass is 341 g/mol. The molecular weight excluding hydrogens is 326 g/mol. The van der Waals surface area contributed by atoms with Crippen LogP contribution in [-0.2, 0) is 9.59 Å². The van der Waals surface area contributed by atoms with Gasteiger partial charge < -0.3 is 10.6 Å². The molecule has 0 saturated carbocycles. The molecule has 122 valence electrons. The molecule has 1 aliphatic heterocycles. The molecule has 0 bridgehead atoms. The highest BCUT2D eigenvalue weighted by molar-refractivity contribution is 7.10. The van der Waals surface area contributed by atoms with E-state index in [0.29, 0.717) is 5.69 Å². The van der Waals surface area contributed by atoms with Crippen LogP contribution in [-0.4, -0.2) is 29.3 Å². The van der Waals surface area contributed by atoms with E-state index in [4.69, 9.17) is 0 Å². The topological polar surface area (TPSA) is 78.5 Å². The van der Waals surface area contributed by atoms with Gasteiger partial charge in [0.1, 0.15) is 12.2 Å². The van der Waals surface area contributed by atoms with Gasteiger partial charge in [-0.25, -0.2) is 9.69 Å². The number of thiophene rings is 1. The highest BCUT2D eigenvalue weighted by atomic mass is 32.1. The molecule has 0 spiro atoms. The second-order valence-corrected chi connectivity index (χ2v) is 6.29. The number of anilines is 1. The molecule has 1 aliphatic rings. The van der Waals surface area contributed by atoms with Crippen molar-refractivity contribution in [2.45, 2.75) is 6.92 Å². The fourth-order valence-electron chi connectivity index (χ4n) is 2.21. The van der Waals surface area contributed by atoms with Crippen molar-refractivity contribution in [2.75, 3.05) is 11.9 Å². The van der Waals surface area contributed by atoms with Crippen LogP contribution in [0.3, 0.4) is 0 Å². The number of urea groups is 1. The van der Waals surface area contributed by atoms with Gasteiger partial charge in [0.15, 0.2) is 0 Å². The molecule has 0 unspecified atom stereocenters. The van der Waals surface area contributed by atoms with Crippen molar-refractivity contribution in [1.82, 2.24) is 10.2 Å². The van der Waals surface area contributed by atoms with Crippen molar-refractivity contribution < 1.29 is 14.4 Å². The van der Waals surface area contributed by atoms with Crippen molar-refractivity contribution >= 4 is 40.9 Å². The predicted octanol–water partition coefficient (Wildman–Crippen LogP) is 2.59. The van der Waals surface area contributed by atoms with E-state index in [1.165, 1.54) is 11.3 Å². The summed E-state index contributed by atoms with van der Waals surface area (Å²) in [5, 5.41) is 7.04. The van der Waals surface area contributed by atoms with E-state index in [9.17, 15) is 14.4 Å². The third kappa shape index (κ3) is 3.52. The Balaban J connectivity index is 1.66. The molecule has 4 amide bonds. The SMILES string of the molecule is Cc1ccc(NC(=O)CN2C(=O)NC(=Cc3cccs3)C2=O)cc1. The minimum atomic E-state index is -0.595. The van der Waals surface area contributed by atoms with Crippen molar-refractivity contribution in [3.05, 3.63) is 57.9 Å². The fourth-order valence-corrected chi connectivity index (χ4v) is 2.87. The summed E-state index contributed by atoms with van der Waals surface area (Å²) in [5.74, 6) is -0.938. The maximum absolute atomic E-state index is 12.3. The number of amides is 4. The molecule has 1 saturated heterocycles. The van der Waals surface area contributed by atoms with E-state index in [0.717, 1.165) is 15.3 Å². The molecule has 2 N–H and O–H groups in total. The molecule has 2 heterocycles. The van der Waals surface area contributed by atoms with Crippen molar-refractivity contribution in [1.29, 1.82) is 0 Å². The first-order chi connectivity index (χ1) is 11.5. The fraction of sp³-hybridized carbons (Fsp3) is 0.118. The zero-order valence-corrected chi connectivity index (χ0v) is 13.7. The third-order valence-electron chi connectivity index (χ3n) is 3.43. The van der Waals surface area contributed by atoms with Gasteiger partial charge in [0, 0.05) is 10.6 Å². The van der Waals surface area contributed by atoms with Gasteiger partial charge >= 0.3 is 6.03 Å². The van der Waals surface area contributed by atoms with Crippen LogP contribution >= 0.6 is 11.3 Å². The summed E-state index contributed by atoms with van der Waals surface area (Å²) in [7, 11) is 0. The van der Waals surface area contributed by atoms with Crippen LogP contribution < -0.4 is 10.6 Å². The number of hydrogen-bond donors (Lipinski definition) is 2. The maximum Gasteiger partial charge on any atom is 0.329 e. The van der Waals surface area contributed by atoms with Crippen LogP contribution in [0.4, 0.5) is 10.5 Å². The van der Waals surface area contributed by atoms with Gasteiger partial charge in [-0.15, -0.1) is 11.3 Å².